The molecule has 45 heavy (non-hydrogen) atoms. The minimum atomic E-state index is -1.07. The number of hydrogen-bond acceptors (Lipinski definition) is 3. The van der Waals surface area contributed by atoms with E-state index in [1.54, 1.807) is 6.07 Å². The Morgan fingerprint density at radius 1 is 0.689 bits per heavy atom. The van der Waals surface area contributed by atoms with Crippen molar-refractivity contribution in [1.29, 1.82) is 0 Å². The molecule has 0 radical (unpaired) electrons. The Hall–Kier alpha value is -6.01. The standard InChI is InChI=1S/C39H28N4O2/c1-23-18-24(2)20-25(19-23)26-21-33(40-34(22-26)39(44)45)30-14-9-17-35-37(30)42-38(43(35)27-10-4-3-5-11-27)31-15-8-13-29-28-12-6-7-16-32(28)41-36(29)31/h3-22,41H,1-2H3,(H,44,45). The fourth-order valence-electron chi connectivity index (χ4n) is 6.47. The third-order valence-corrected chi connectivity index (χ3v) is 8.36. The van der Waals surface area contributed by atoms with Crippen molar-refractivity contribution in [3.8, 4) is 39.5 Å². The van der Waals surface area contributed by atoms with Gasteiger partial charge in [-0.3, -0.25) is 4.57 Å². The minimum absolute atomic E-state index is 0.00998. The molecule has 3 aromatic heterocycles. The number of imidazole rings is 1. The van der Waals surface area contributed by atoms with Crippen molar-refractivity contribution in [3.05, 3.63) is 138 Å². The predicted octanol–water partition coefficient (Wildman–Crippen LogP) is 9.37. The summed E-state index contributed by atoms with van der Waals surface area (Å²) in [5.74, 6) is -0.291. The molecule has 0 spiro atoms. The molecule has 3 heterocycles. The van der Waals surface area contributed by atoms with E-state index in [4.69, 9.17) is 4.98 Å². The number of rotatable bonds is 5. The second-order valence-electron chi connectivity index (χ2n) is 11.5. The maximum Gasteiger partial charge on any atom is 0.354 e. The smallest absolute Gasteiger partial charge is 0.354 e. The Morgan fingerprint density at radius 3 is 2.18 bits per heavy atom. The summed E-state index contributed by atoms with van der Waals surface area (Å²) in [6, 6.07) is 40.7. The van der Waals surface area contributed by atoms with Crippen molar-refractivity contribution in [2.24, 2.45) is 0 Å². The van der Waals surface area contributed by atoms with Gasteiger partial charge in [-0.1, -0.05) is 90.0 Å². The van der Waals surface area contributed by atoms with Crippen LogP contribution in [0.2, 0.25) is 0 Å². The lowest BCUT2D eigenvalue weighted by Crippen LogP contribution is -2.02. The number of hydrogen-bond donors (Lipinski definition) is 2. The van der Waals surface area contributed by atoms with Gasteiger partial charge in [0.2, 0.25) is 0 Å². The zero-order valence-electron chi connectivity index (χ0n) is 24.7. The van der Waals surface area contributed by atoms with Crippen molar-refractivity contribution in [3.63, 3.8) is 0 Å². The average molecular weight is 585 g/mol. The van der Waals surface area contributed by atoms with E-state index in [1.165, 1.54) is 0 Å². The second kappa shape index (κ2) is 10.3. The van der Waals surface area contributed by atoms with E-state index in [9.17, 15) is 9.90 Å². The number of para-hydroxylation sites is 4. The Morgan fingerprint density at radius 2 is 1.38 bits per heavy atom. The topological polar surface area (TPSA) is 83.8 Å². The largest absolute Gasteiger partial charge is 0.477 e. The maximum absolute atomic E-state index is 12.3. The summed E-state index contributed by atoms with van der Waals surface area (Å²) in [5, 5.41) is 12.4. The Labute approximate surface area is 259 Å². The van der Waals surface area contributed by atoms with Gasteiger partial charge in [0.05, 0.1) is 22.2 Å². The summed E-state index contributed by atoms with van der Waals surface area (Å²) in [6.07, 6.45) is 0. The van der Waals surface area contributed by atoms with Crippen molar-refractivity contribution in [1.82, 2.24) is 19.5 Å². The number of benzene rings is 5. The number of aromatic amines is 1. The predicted molar refractivity (Wildman–Crippen MR) is 181 cm³/mol. The summed E-state index contributed by atoms with van der Waals surface area (Å²) < 4.78 is 2.17. The molecule has 8 rings (SSSR count). The van der Waals surface area contributed by atoms with E-state index >= 15 is 0 Å². The van der Waals surface area contributed by atoms with Crippen LogP contribution in [-0.4, -0.2) is 30.6 Å². The average Bonchev–Trinajstić information content (AvgIpc) is 3.63. The zero-order chi connectivity index (χ0) is 30.7. The van der Waals surface area contributed by atoms with E-state index in [0.29, 0.717) is 5.69 Å². The number of carboxylic acid groups (broad SMARTS) is 1. The van der Waals surface area contributed by atoms with Crippen LogP contribution in [0.15, 0.2) is 121 Å². The van der Waals surface area contributed by atoms with Crippen LogP contribution in [0, 0.1) is 13.8 Å². The van der Waals surface area contributed by atoms with Gasteiger partial charge in [0.15, 0.2) is 0 Å². The van der Waals surface area contributed by atoms with Crippen LogP contribution in [0.4, 0.5) is 0 Å². The Kier molecular flexibility index (Phi) is 6.10. The summed E-state index contributed by atoms with van der Waals surface area (Å²) in [4.78, 5) is 25.9. The first-order valence-corrected chi connectivity index (χ1v) is 14.9. The second-order valence-corrected chi connectivity index (χ2v) is 11.5. The van der Waals surface area contributed by atoms with E-state index in [2.05, 4.69) is 87.3 Å². The Balaban J connectivity index is 1.42. The zero-order valence-corrected chi connectivity index (χ0v) is 24.7. The number of H-pyrrole nitrogens is 1. The van der Waals surface area contributed by atoms with Gasteiger partial charge in [-0.25, -0.2) is 14.8 Å². The molecule has 6 heteroatoms. The van der Waals surface area contributed by atoms with Crippen molar-refractivity contribution in [2.75, 3.05) is 0 Å². The molecule has 0 aliphatic rings. The van der Waals surface area contributed by atoms with Crippen LogP contribution in [0.25, 0.3) is 72.3 Å². The minimum Gasteiger partial charge on any atom is -0.477 e. The number of aryl methyl sites for hydroxylation is 2. The van der Waals surface area contributed by atoms with Gasteiger partial charge in [-0.05, 0) is 67.4 Å². The van der Waals surface area contributed by atoms with Gasteiger partial charge < -0.3 is 10.1 Å². The molecule has 0 amide bonds. The normalized spacial score (nSPS) is 11.5. The quantitative estimate of drug-likeness (QED) is 0.211. The number of carbonyl (C=O) groups is 1. The molecule has 5 aromatic carbocycles. The van der Waals surface area contributed by atoms with Crippen LogP contribution in [0.1, 0.15) is 21.6 Å². The molecule has 6 nitrogen and oxygen atoms in total. The van der Waals surface area contributed by atoms with Gasteiger partial charge in [-0.15, -0.1) is 0 Å². The molecular weight excluding hydrogens is 556 g/mol. The van der Waals surface area contributed by atoms with Crippen LogP contribution in [0.3, 0.4) is 0 Å². The lowest BCUT2D eigenvalue weighted by molar-refractivity contribution is 0.0690. The number of nitrogens with one attached hydrogen (secondary N) is 1. The van der Waals surface area contributed by atoms with Crippen molar-refractivity contribution < 1.29 is 9.90 Å². The molecule has 0 aliphatic carbocycles. The first kappa shape index (κ1) is 26.6. The highest BCUT2D eigenvalue weighted by molar-refractivity contribution is 6.12. The molecule has 216 valence electrons. The van der Waals surface area contributed by atoms with Crippen LogP contribution >= 0.6 is 0 Å². The monoisotopic (exact) mass is 584 g/mol. The lowest BCUT2D eigenvalue weighted by atomic mass is 9.98. The molecule has 2 N–H and O–H groups in total. The van der Waals surface area contributed by atoms with Crippen LogP contribution < -0.4 is 0 Å². The number of aromatic carboxylic acids is 1. The van der Waals surface area contributed by atoms with Gasteiger partial charge in [0.1, 0.15) is 11.5 Å². The van der Waals surface area contributed by atoms with E-state index in [1.807, 2.05) is 56.3 Å². The molecule has 0 unspecified atom stereocenters. The molecule has 0 saturated heterocycles. The highest BCUT2D eigenvalue weighted by atomic mass is 16.4. The number of pyridine rings is 1. The highest BCUT2D eigenvalue weighted by Gasteiger charge is 2.22. The summed E-state index contributed by atoms with van der Waals surface area (Å²) in [5.41, 5.74) is 10.9. The van der Waals surface area contributed by atoms with Gasteiger partial charge in [-0.2, -0.15) is 0 Å². The molecule has 0 atom stereocenters. The molecule has 8 aromatic rings. The summed E-state index contributed by atoms with van der Waals surface area (Å²) in [7, 11) is 0. The lowest BCUT2D eigenvalue weighted by Gasteiger charge is -2.11. The van der Waals surface area contributed by atoms with Gasteiger partial charge in [0.25, 0.3) is 0 Å². The molecule has 0 fully saturated rings. The highest BCUT2D eigenvalue weighted by Crippen LogP contribution is 2.38. The summed E-state index contributed by atoms with van der Waals surface area (Å²) >= 11 is 0. The summed E-state index contributed by atoms with van der Waals surface area (Å²) in [6.45, 7) is 4.09. The van der Waals surface area contributed by atoms with E-state index in [-0.39, 0.29) is 5.69 Å². The SMILES string of the molecule is Cc1cc(C)cc(-c2cc(C(=O)O)nc(-c3cccc4c3nc(-c3cccc5c3[nH]c3ccccc35)n4-c3ccccc3)c2)c1. The third-order valence-electron chi connectivity index (χ3n) is 8.36. The fraction of sp³-hybridized carbons (Fsp3) is 0.0513. The van der Waals surface area contributed by atoms with Gasteiger partial charge >= 0.3 is 5.97 Å². The number of nitrogens with zero attached hydrogens (tertiary/aromatic N) is 3. The Bertz CT molecular complexity index is 2420. The molecule has 0 bridgehead atoms. The first-order chi connectivity index (χ1) is 21.9. The van der Waals surface area contributed by atoms with Gasteiger partial charge in [0, 0.05) is 33.1 Å². The maximum atomic E-state index is 12.3. The van der Waals surface area contributed by atoms with Crippen LogP contribution in [0.5, 0.6) is 0 Å². The number of carboxylic acids is 1. The first-order valence-electron chi connectivity index (χ1n) is 14.9. The molecular formula is C39H28N4O2. The fourth-order valence-corrected chi connectivity index (χ4v) is 6.47. The number of aromatic nitrogens is 4. The third kappa shape index (κ3) is 4.46. The molecule has 0 saturated carbocycles. The van der Waals surface area contributed by atoms with Crippen molar-refractivity contribution in [2.45, 2.75) is 13.8 Å². The molecule has 0 aliphatic heterocycles. The van der Waals surface area contributed by atoms with E-state index in [0.717, 1.165) is 77.7 Å². The van der Waals surface area contributed by atoms with Crippen LogP contribution in [-0.2, 0) is 0 Å². The van der Waals surface area contributed by atoms with Crippen molar-refractivity contribution >= 4 is 38.8 Å². The number of fused-ring (bicyclic) bond motifs is 4. The van der Waals surface area contributed by atoms with E-state index < -0.39 is 5.97 Å².